The van der Waals surface area contributed by atoms with Gasteiger partial charge in [0.1, 0.15) is 5.41 Å². The molecule has 10 heavy (non-hydrogen) atoms. The van der Waals surface area contributed by atoms with Crippen LogP contribution in [0.15, 0.2) is 0 Å². The average Bonchev–Trinajstić information content (AvgIpc) is 2.42. The highest BCUT2D eigenvalue weighted by molar-refractivity contribution is 5.82. The number of hydrogen-bond acceptors (Lipinski definition) is 2. The summed E-state index contributed by atoms with van der Waals surface area (Å²) in [6, 6.07) is 0. The van der Waals surface area contributed by atoms with Crippen LogP contribution >= 0.6 is 0 Å². The quantitative estimate of drug-likeness (QED) is 0.567. The van der Waals surface area contributed by atoms with Crippen LogP contribution in [-0.2, 0) is 9.53 Å². The molecule has 0 amide bonds. The fourth-order valence-corrected chi connectivity index (χ4v) is 2.72. The number of carboxylic acid groups (broad SMARTS) is 1. The van der Waals surface area contributed by atoms with Crippen LogP contribution in [0.2, 0.25) is 0 Å². The topological polar surface area (TPSA) is 46.5 Å². The molecule has 4 unspecified atom stereocenters. The van der Waals surface area contributed by atoms with E-state index in [4.69, 9.17) is 9.84 Å². The fourth-order valence-electron chi connectivity index (χ4n) is 2.72. The molecule has 4 aliphatic rings. The Hall–Kier alpha value is -0.570. The molecule has 54 valence electrons. The van der Waals surface area contributed by atoms with Gasteiger partial charge in [-0.3, -0.25) is 4.79 Å². The van der Waals surface area contributed by atoms with Gasteiger partial charge in [-0.1, -0.05) is 0 Å². The van der Waals surface area contributed by atoms with Gasteiger partial charge in [0.15, 0.2) is 0 Å². The second kappa shape index (κ2) is 1.11. The minimum Gasteiger partial charge on any atom is -0.481 e. The Kier molecular flexibility index (Phi) is 0.572. The number of rotatable bonds is 1. The third-order valence-corrected chi connectivity index (χ3v) is 3.25. The van der Waals surface area contributed by atoms with Crippen molar-refractivity contribution in [1.82, 2.24) is 0 Å². The average molecular weight is 140 g/mol. The second-order valence-corrected chi connectivity index (χ2v) is 3.57. The van der Waals surface area contributed by atoms with Crippen LogP contribution < -0.4 is 0 Å². The second-order valence-electron chi connectivity index (χ2n) is 3.57. The van der Waals surface area contributed by atoms with Crippen LogP contribution in [0.1, 0.15) is 12.8 Å². The van der Waals surface area contributed by atoms with Crippen molar-refractivity contribution in [3.63, 3.8) is 0 Å². The maximum atomic E-state index is 10.7. The standard InChI is InChI=1S/C7H8O3/c8-6(9)7-2-3-1-4(7)5(7)10-3/h3-5H,1-2H2,(H,8,9). The third-order valence-electron chi connectivity index (χ3n) is 3.25. The SMILES string of the molecule is O=C(O)C12CC3CC1C2O3. The lowest BCUT2D eigenvalue weighted by molar-refractivity contribution is -0.143. The van der Waals surface area contributed by atoms with Crippen molar-refractivity contribution < 1.29 is 14.6 Å². The van der Waals surface area contributed by atoms with Crippen LogP contribution in [0.4, 0.5) is 0 Å². The normalized spacial score (nSPS) is 61.0. The minimum atomic E-state index is -0.637. The molecular weight excluding hydrogens is 132 g/mol. The Balaban J connectivity index is 2.06. The van der Waals surface area contributed by atoms with E-state index in [0.29, 0.717) is 5.92 Å². The van der Waals surface area contributed by atoms with Crippen LogP contribution in [-0.4, -0.2) is 23.3 Å². The lowest BCUT2D eigenvalue weighted by atomic mass is 10.1. The van der Waals surface area contributed by atoms with Gasteiger partial charge in [0.2, 0.25) is 0 Å². The van der Waals surface area contributed by atoms with Crippen LogP contribution in [0.25, 0.3) is 0 Å². The van der Waals surface area contributed by atoms with Gasteiger partial charge in [0.25, 0.3) is 0 Å². The van der Waals surface area contributed by atoms with Crippen molar-refractivity contribution in [3.8, 4) is 0 Å². The first-order valence-corrected chi connectivity index (χ1v) is 3.64. The molecule has 2 heterocycles. The van der Waals surface area contributed by atoms with Crippen molar-refractivity contribution in [3.05, 3.63) is 0 Å². The zero-order valence-corrected chi connectivity index (χ0v) is 5.41. The van der Waals surface area contributed by atoms with Crippen molar-refractivity contribution in [2.45, 2.75) is 25.0 Å². The lowest BCUT2D eigenvalue weighted by Crippen LogP contribution is -2.15. The van der Waals surface area contributed by atoms with Crippen molar-refractivity contribution in [2.75, 3.05) is 0 Å². The highest BCUT2D eigenvalue weighted by atomic mass is 16.5. The van der Waals surface area contributed by atoms with E-state index in [1.807, 2.05) is 0 Å². The number of carboxylic acids is 1. The summed E-state index contributed by atoms with van der Waals surface area (Å²) in [6.45, 7) is 0. The molecule has 4 atom stereocenters. The van der Waals surface area contributed by atoms with Crippen LogP contribution in [0, 0.1) is 11.3 Å². The smallest absolute Gasteiger partial charge is 0.312 e. The van der Waals surface area contributed by atoms with Gasteiger partial charge in [-0.15, -0.1) is 0 Å². The van der Waals surface area contributed by atoms with Gasteiger partial charge in [-0.2, -0.15) is 0 Å². The highest BCUT2D eigenvalue weighted by Crippen LogP contribution is 2.72. The van der Waals surface area contributed by atoms with E-state index in [9.17, 15) is 4.79 Å². The van der Waals surface area contributed by atoms with Crippen molar-refractivity contribution in [1.29, 1.82) is 0 Å². The number of aliphatic carboxylic acids is 1. The minimum absolute atomic E-state index is 0.0926. The molecule has 0 aromatic rings. The van der Waals surface area contributed by atoms with E-state index in [0.717, 1.165) is 12.8 Å². The largest absolute Gasteiger partial charge is 0.481 e. The molecule has 0 spiro atoms. The summed E-state index contributed by atoms with van der Waals surface area (Å²) in [4.78, 5) is 10.7. The molecule has 0 aromatic heterocycles. The summed E-state index contributed by atoms with van der Waals surface area (Å²) < 4.78 is 5.39. The van der Waals surface area contributed by atoms with E-state index in [1.165, 1.54) is 0 Å². The van der Waals surface area contributed by atoms with E-state index in [2.05, 4.69) is 0 Å². The Morgan fingerprint density at radius 2 is 2.50 bits per heavy atom. The number of hydrogen-bond donors (Lipinski definition) is 1. The summed E-state index contributed by atoms with van der Waals surface area (Å²) in [6.07, 6.45) is 2.15. The fraction of sp³-hybridized carbons (Fsp3) is 0.857. The Morgan fingerprint density at radius 3 is 2.70 bits per heavy atom. The monoisotopic (exact) mass is 140 g/mol. The highest BCUT2D eigenvalue weighted by Gasteiger charge is 2.80. The van der Waals surface area contributed by atoms with Gasteiger partial charge < -0.3 is 9.84 Å². The summed E-state index contributed by atoms with van der Waals surface area (Å²) in [5.74, 6) is -0.266. The van der Waals surface area contributed by atoms with Gasteiger partial charge in [0.05, 0.1) is 12.2 Å². The zero-order valence-electron chi connectivity index (χ0n) is 5.41. The lowest BCUT2D eigenvalue weighted by Gasteiger charge is -1.98. The molecule has 2 aliphatic heterocycles. The molecular formula is C7H8O3. The van der Waals surface area contributed by atoms with Gasteiger partial charge in [-0.25, -0.2) is 0 Å². The molecule has 3 heteroatoms. The Bertz CT molecular complexity index is 211. The van der Waals surface area contributed by atoms with Crippen LogP contribution in [0.3, 0.4) is 0 Å². The summed E-state index contributed by atoms with van der Waals surface area (Å²) in [5.41, 5.74) is -0.412. The van der Waals surface area contributed by atoms with E-state index in [1.54, 1.807) is 0 Å². The van der Waals surface area contributed by atoms with Crippen LogP contribution in [0.5, 0.6) is 0 Å². The molecule has 2 aliphatic carbocycles. The maximum absolute atomic E-state index is 10.7. The molecule has 2 saturated carbocycles. The molecule has 2 saturated heterocycles. The maximum Gasteiger partial charge on any atom is 0.312 e. The zero-order chi connectivity index (χ0) is 6.93. The van der Waals surface area contributed by atoms with Gasteiger partial charge in [0, 0.05) is 5.92 Å². The molecule has 4 bridgehead atoms. The number of ether oxygens (including phenoxy) is 1. The van der Waals surface area contributed by atoms with Crippen molar-refractivity contribution in [2.24, 2.45) is 11.3 Å². The predicted molar refractivity (Wildman–Crippen MR) is 31.5 cm³/mol. The molecule has 4 rings (SSSR count). The van der Waals surface area contributed by atoms with E-state index in [-0.39, 0.29) is 12.2 Å². The van der Waals surface area contributed by atoms with Gasteiger partial charge >= 0.3 is 5.97 Å². The first kappa shape index (κ1) is 5.13. The predicted octanol–water partition coefficient (Wildman–Crippen LogP) is 0.248. The Morgan fingerprint density at radius 1 is 1.70 bits per heavy atom. The molecule has 0 aromatic carbocycles. The summed E-state index contributed by atoms with van der Waals surface area (Å²) in [5, 5.41) is 8.83. The third kappa shape index (κ3) is 0.292. The first-order valence-electron chi connectivity index (χ1n) is 3.64. The van der Waals surface area contributed by atoms with Gasteiger partial charge in [-0.05, 0) is 12.8 Å². The molecule has 1 N–H and O–H groups in total. The first-order chi connectivity index (χ1) is 4.75. The molecule has 3 nitrogen and oxygen atoms in total. The Labute approximate surface area is 58.0 Å². The van der Waals surface area contributed by atoms with E-state index >= 15 is 0 Å². The summed E-state index contributed by atoms with van der Waals surface area (Å²) >= 11 is 0. The van der Waals surface area contributed by atoms with E-state index < -0.39 is 11.4 Å². The molecule has 0 radical (unpaired) electrons. The van der Waals surface area contributed by atoms with Crippen molar-refractivity contribution >= 4 is 5.97 Å². The number of carbonyl (C=O) groups is 1. The molecule has 4 fully saturated rings. The summed E-state index contributed by atoms with van der Waals surface area (Å²) in [7, 11) is 0.